The Hall–Kier alpha value is -1.02. The van der Waals surface area contributed by atoms with Crippen molar-refractivity contribution in [2.24, 2.45) is 0 Å². The van der Waals surface area contributed by atoms with Crippen LogP contribution >= 0.6 is 12.4 Å². The van der Waals surface area contributed by atoms with E-state index in [2.05, 4.69) is 10.0 Å². The Kier molecular flexibility index (Phi) is 6.73. The van der Waals surface area contributed by atoms with Gasteiger partial charge in [0.25, 0.3) is 0 Å². The van der Waals surface area contributed by atoms with Gasteiger partial charge in [0, 0.05) is 18.7 Å². The number of ether oxygens (including phenoxy) is 2. The van der Waals surface area contributed by atoms with Crippen LogP contribution in [0.5, 0.6) is 11.5 Å². The lowest BCUT2D eigenvalue weighted by Crippen LogP contribution is -2.45. The Morgan fingerprint density at radius 2 is 2.05 bits per heavy atom. The summed E-state index contributed by atoms with van der Waals surface area (Å²) in [6.45, 7) is 1.58. The number of sulfonamides is 1. The second kappa shape index (κ2) is 7.84. The van der Waals surface area contributed by atoms with E-state index in [0.717, 1.165) is 19.4 Å². The van der Waals surface area contributed by atoms with Gasteiger partial charge in [0.15, 0.2) is 0 Å². The quantitative estimate of drug-likeness (QED) is 0.843. The third-order valence-corrected chi connectivity index (χ3v) is 4.82. The summed E-state index contributed by atoms with van der Waals surface area (Å²) >= 11 is 0. The molecule has 0 aromatic heterocycles. The number of benzene rings is 1. The van der Waals surface area contributed by atoms with Crippen LogP contribution in [-0.4, -0.2) is 41.8 Å². The highest BCUT2D eigenvalue weighted by Gasteiger charge is 2.25. The molecule has 120 valence electrons. The largest absolute Gasteiger partial charge is 0.497 e. The highest BCUT2D eigenvalue weighted by molar-refractivity contribution is 7.89. The number of halogens is 1. The molecule has 2 N–H and O–H groups in total. The zero-order chi connectivity index (χ0) is 14.6. The lowest BCUT2D eigenvalue weighted by molar-refractivity contribution is 0.390. The molecule has 0 saturated carbocycles. The maximum atomic E-state index is 12.5. The van der Waals surface area contributed by atoms with Crippen LogP contribution in [0.25, 0.3) is 0 Å². The van der Waals surface area contributed by atoms with Gasteiger partial charge in [-0.15, -0.1) is 12.4 Å². The van der Waals surface area contributed by atoms with Crippen LogP contribution in [0.15, 0.2) is 23.1 Å². The first-order valence-electron chi connectivity index (χ1n) is 6.52. The minimum Gasteiger partial charge on any atom is -0.497 e. The highest BCUT2D eigenvalue weighted by atomic mass is 35.5. The number of nitrogens with one attached hydrogen (secondary N) is 2. The monoisotopic (exact) mass is 336 g/mol. The van der Waals surface area contributed by atoms with Crippen molar-refractivity contribution in [3.8, 4) is 11.5 Å². The minimum absolute atomic E-state index is 0. The zero-order valence-corrected chi connectivity index (χ0v) is 13.7. The van der Waals surface area contributed by atoms with Gasteiger partial charge >= 0.3 is 0 Å². The fourth-order valence-corrected chi connectivity index (χ4v) is 3.68. The van der Waals surface area contributed by atoms with Gasteiger partial charge in [0.1, 0.15) is 16.4 Å². The molecule has 1 aromatic rings. The van der Waals surface area contributed by atoms with Crippen LogP contribution in [0, 0.1) is 0 Å². The van der Waals surface area contributed by atoms with Gasteiger partial charge < -0.3 is 14.8 Å². The molecule has 0 amide bonds. The normalized spacial score (nSPS) is 18.7. The number of rotatable bonds is 5. The van der Waals surface area contributed by atoms with Gasteiger partial charge in [0.05, 0.1) is 14.2 Å². The number of hydrogen-bond acceptors (Lipinski definition) is 5. The Morgan fingerprint density at radius 3 is 2.62 bits per heavy atom. The predicted octanol–water partition coefficient (Wildman–Crippen LogP) is 1.16. The summed E-state index contributed by atoms with van der Waals surface area (Å²) in [5, 5.41) is 3.18. The lowest BCUT2D eigenvalue weighted by Gasteiger charge is -2.24. The van der Waals surface area contributed by atoms with Gasteiger partial charge in [-0.25, -0.2) is 13.1 Å². The summed E-state index contributed by atoms with van der Waals surface area (Å²) in [6, 6.07) is 4.63. The lowest BCUT2D eigenvalue weighted by atomic mass is 10.1. The summed E-state index contributed by atoms with van der Waals surface area (Å²) < 4.78 is 37.9. The van der Waals surface area contributed by atoms with Crippen molar-refractivity contribution in [3.05, 3.63) is 18.2 Å². The molecule has 1 aliphatic rings. The van der Waals surface area contributed by atoms with Crippen LogP contribution in [0.3, 0.4) is 0 Å². The molecule has 6 nitrogen and oxygen atoms in total. The Labute approximate surface area is 131 Å². The third-order valence-electron chi connectivity index (χ3n) is 3.28. The molecule has 2 rings (SSSR count). The van der Waals surface area contributed by atoms with Gasteiger partial charge in [-0.1, -0.05) is 0 Å². The van der Waals surface area contributed by atoms with Crippen LogP contribution in [-0.2, 0) is 10.0 Å². The van der Waals surface area contributed by atoms with E-state index >= 15 is 0 Å². The van der Waals surface area contributed by atoms with Crippen LogP contribution in [0.2, 0.25) is 0 Å². The fourth-order valence-electron chi connectivity index (χ4n) is 2.23. The molecule has 1 aromatic carbocycles. The molecule has 1 atom stereocenters. The van der Waals surface area contributed by atoms with Crippen molar-refractivity contribution >= 4 is 22.4 Å². The SMILES string of the molecule is COc1ccc(OC)c(S(=O)(=O)NC2CCCNC2)c1.Cl. The van der Waals surface area contributed by atoms with Crippen LogP contribution < -0.4 is 19.5 Å². The summed E-state index contributed by atoms with van der Waals surface area (Å²) in [7, 11) is -0.686. The summed E-state index contributed by atoms with van der Waals surface area (Å²) in [5.41, 5.74) is 0. The van der Waals surface area contributed by atoms with Crippen LogP contribution in [0.1, 0.15) is 12.8 Å². The fraction of sp³-hybridized carbons (Fsp3) is 0.538. The Morgan fingerprint density at radius 1 is 1.29 bits per heavy atom. The first-order chi connectivity index (χ1) is 9.56. The first-order valence-corrected chi connectivity index (χ1v) is 8.00. The molecule has 1 unspecified atom stereocenters. The van der Waals surface area contributed by atoms with Gasteiger partial charge in [-0.2, -0.15) is 0 Å². The molecule has 0 bridgehead atoms. The van der Waals surface area contributed by atoms with E-state index in [1.807, 2.05) is 0 Å². The second-order valence-electron chi connectivity index (χ2n) is 4.68. The Bertz CT molecular complexity index is 559. The second-order valence-corrected chi connectivity index (χ2v) is 6.36. The molecule has 21 heavy (non-hydrogen) atoms. The molecule has 1 saturated heterocycles. The minimum atomic E-state index is -3.63. The van der Waals surface area contributed by atoms with E-state index < -0.39 is 10.0 Å². The maximum Gasteiger partial charge on any atom is 0.244 e. The molecular weight excluding hydrogens is 316 g/mol. The van der Waals surface area contributed by atoms with Crippen molar-refractivity contribution in [3.63, 3.8) is 0 Å². The molecule has 0 radical (unpaired) electrons. The van der Waals surface area contributed by atoms with Gasteiger partial charge in [-0.3, -0.25) is 0 Å². The average Bonchev–Trinajstić information content (AvgIpc) is 2.47. The van der Waals surface area contributed by atoms with E-state index in [1.54, 1.807) is 12.1 Å². The molecule has 0 aliphatic carbocycles. The Balaban J connectivity index is 0.00000220. The van der Waals surface area contributed by atoms with E-state index in [9.17, 15) is 8.42 Å². The number of hydrogen-bond donors (Lipinski definition) is 2. The standard InChI is InChI=1S/C13H20N2O4S.ClH/c1-18-11-5-6-12(19-2)13(8-11)20(16,17)15-10-4-3-7-14-9-10;/h5-6,8,10,14-15H,3-4,7,9H2,1-2H3;1H. The van der Waals surface area contributed by atoms with E-state index in [0.29, 0.717) is 18.0 Å². The summed E-state index contributed by atoms with van der Waals surface area (Å²) in [4.78, 5) is 0.102. The number of methoxy groups -OCH3 is 2. The average molecular weight is 337 g/mol. The summed E-state index contributed by atoms with van der Waals surface area (Å²) in [5.74, 6) is 0.787. The van der Waals surface area contributed by atoms with Crippen molar-refractivity contribution in [2.75, 3.05) is 27.3 Å². The molecule has 1 fully saturated rings. The first kappa shape index (κ1) is 18.0. The van der Waals surface area contributed by atoms with Crippen molar-refractivity contribution in [1.29, 1.82) is 0 Å². The van der Waals surface area contributed by atoms with Gasteiger partial charge in [-0.05, 0) is 31.5 Å². The highest BCUT2D eigenvalue weighted by Crippen LogP contribution is 2.28. The van der Waals surface area contributed by atoms with Crippen LogP contribution in [0.4, 0.5) is 0 Å². The smallest absolute Gasteiger partial charge is 0.244 e. The zero-order valence-electron chi connectivity index (χ0n) is 12.1. The van der Waals surface area contributed by atoms with E-state index in [4.69, 9.17) is 9.47 Å². The van der Waals surface area contributed by atoms with Crippen molar-refractivity contribution < 1.29 is 17.9 Å². The topological polar surface area (TPSA) is 76.7 Å². The van der Waals surface area contributed by atoms with Crippen molar-refractivity contribution in [1.82, 2.24) is 10.0 Å². The maximum absolute atomic E-state index is 12.5. The number of piperidine rings is 1. The van der Waals surface area contributed by atoms with E-state index in [1.165, 1.54) is 20.3 Å². The summed E-state index contributed by atoms with van der Waals surface area (Å²) in [6.07, 6.45) is 1.79. The third kappa shape index (κ3) is 4.47. The van der Waals surface area contributed by atoms with E-state index in [-0.39, 0.29) is 23.3 Å². The molecular formula is C13H21ClN2O4S. The van der Waals surface area contributed by atoms with Gasteiger partial charge in [0.2, 0.25) is 10.0 Å². The molecule has 8 heteroatoms. The molecule has 1 heterocycles. The van der Waals surface area contributed by atoms with Crippen molar-refractivity contribution in [2.45, 2.75) is 23.8 Å². The molecule has 1 aliphatic heterocycles. The predicted molar refractivity (Wildman–Crippen MR) is 83.0 cm³/mol. The molecule has 0 spiro atoms.